The van der Waals surface area contributed by atoms with E-state index in [-0.39, 0.29) is 12.5 Å². The summed E-state index contributed by atoms with van der Waals surface area (Å²) in [7, 11) is 0. The third kappa shape index (κ3) is 3.16. The van der Waals surface area contributed by atoms with Crippen LogP contribution in [0.4, 0.5) is 0 Å². The fraction of sp³-hybridized carbons (Fsp3) is 0.421. The highest BCUT2D eigenvalue weighted by Gasteiger charge is 2.34. The molecule has 0 radical (unpaired) electrons. The van der Waals surface area contributed by atoms with Crippen molar-refractivity contribution in [2.24, 2.45) is 0 Å². The van der Waals surface area contributed by atoms with Crippen molar-refractivity contribution in [2.75, 3.05) is 13.2 Å². The highest BCUT2D eigenvalue weighted by molar-refractivity contribution is 5.89. The number of rotatable bonds is 4. The number of carboxylic acid groups (broad SMARTS) is 1. The number of hydrogen-bond donors (Lipinski definition) is 1. The largest absolute Gasteiger partial charge is 0.483 e. The lowest BCUT2D eigenvalue weighted by molar-refractivity contribution is -0.148. The topological polar surface area (TPSA) is 97.0 Å². The van der Waals surface area contributed by atoms with Crippen LogP contribution in [0.3, 0.4) is 0 Å². The Bertz CT molecular complexity index is 945. The molecule has 1 atom stereocenters. The van der Waals surface area contributed by atoms with Crippen LogP contribution >= 0.6 is 0 Å². The molecule has 1 amide bonds. The van der Waals surface area contributed by atoms with Crippen molar-refractivity contribution in [3.8, 4) is 5.75 Å². The maximum Gasteiger partial charge on any atom is 0.339 e. The van der Waals surface area contributed by atoms with Crippen LogP contribution < -0.4 is 10.4 Å². The SMILES string of the molecule is Cc1cc(OCC(=O)N2CCC[C@H]2C(=O)O)c2c(C)c(C)c(=O)oc2c1. The molecule has 1 aromatic carbocycles. The zero-order chi connectivity index (χ0) is 19.0. The van der Waals surface area contributed by atoms with E-state index < -0.39 is 17.6 Å². The molecule has 138 valence electrons. The van der Waals surface area contributed by atoms with E-state index in [1.54, 1.807) is 26.0 Å². The van der Waals surface area contributed by atoms with Gasteiger partial charge in [0, 0.05) is 12.1 Å². The highest BCUT2D eigenvalue weighted by Crippen LogP contribution is 2.31. The number of carbonyl (C=O) groups excluding carboxylic acids is 1. The summed E-state index contributed by atoms with van der Waals surface area (Å²) in [5.41, 5.74) is 2.07. The quantitative estimate of drug-likeness (QED) is 0.841. The van der Waals surface area contributed by atoms with Gasteiger partial charge in [0.25, 0.3) is 5.91 Å². The minimum atomic E-state index is -0.995. The third-order valence-electron chi connectivity index (χ3n) is 4.87. The molecule has 0 aliphatic carbocycles. The molecule has 0 unspecified atom stereocenters. The smallest absolute Gasteiger partial charge is 0.339 e. The second-order valence-electron chi connectivity index (χ2n) is 6.65. The van der Waals surface area contributed by atoms with Crippen molar-refractivity contribution in [3.63, 3.8) is 0 Å². The molecule has 7 heteroatoms. The average Bonchev–Trinajstić information content (AvgIpc) is 3.07. The molecule has 0 saturated carbocycles. The van der Waals surface area contributed by atoms with E-state index in [2.05, 4.69) is 0 Å². The van der Waals surface area contributed by atoms with E-state index >= 15 is 0 Å². The maximum absolute atomic E-state index is 12.4. The average molecular weight is 359 g/mol. The summed E-state index contributed by atoms with van der Waals surface area (Å²) < 4.78 is 11.1. The van der Waals surface area contributed by atoms with E-state index in [0.29, 0.717) is 41.7 Å². The lowest BCUT2D eigenvalue weighted by atomic mass is 10.0. The number of aryl methyl sites for hydroxylation is 2. The molecule has 0 spiro atoms. The molecule has 3 rings (SSSR count). The number of fused-ring (bicyclic) bond motifs is 1. The minimum Gasteiger partial charge on any atom is -0.483 e. The lowest BCUT2D eigenvalue weighted by Gasteiger charge is -2.21. The minimum absolute atomic E-state index is 0.264. The summed E-state index contributed by atoms with van der Waals surface area (Å²) >= 11 is 0. The Morgan fingerprint density at radius 2 is 2.00 bits per heavy atom. The van der Waals surface area contributed by atoms with Gasteiger partial charge in [-0.2, -0.15) is 0 Å². The number of hydrogen-bond acceptors (Lipinski definition) is 5. The molecule has 1 aliphatic rings. The number of carboxylic acids is 1. The molecular formula is C19H21NO6. The fourth-order valence-electron chi connectivity index (χ4n) is 3.35. The van der Waals surface area contributed by atoms with Crippen LogP contribution in [0, 0.1) is 20.8 Å². The van der Waals surface area contributed by atoms with Crippen molar-refractivity contribution in [3.05, 3.63) is 39.2 Å². The highest BCUT2D eigenvalue weighted by atomic mass is 16.5. The molecule has 7 nitrogen and oxygen atoms in total. The van der Waals surface area contributed by atoms with Gasteiger partial charge in [-0.25, -0.2) is 9.59 Å². The van der Waals surface area contributed by atoms with Crippen LogP contribution in [0.1, 0.15) is 29.5 Å². The summed E-state index contributed by atoms with van der Waals surface area (Å²) in [6.07, 6.45) is 1.12. The van der Waals surface area contributed by atoms with Gasteiger partial charge >= 0.3 is 11.6 Å². The van der Waals surface area contributed by atoms with Crippen LogP contribution in [0.2, 0.25) is 0 Å². The summed E-state index contributed by atoms with van der Waals surface area (Å²) in [5, 5.41) is 9.86. The first-order valence-electron chi connectivity index (χ1n) is 8.49. The van der Waals surface area contributed by atoms with Crippen molar-refractivity contribution in [1.82, 2.24) is 4.90 Å². The van der Waals surface area contributed by atoms with Gasteiger partial charge in [0.1, 0.15) is 17.4 Å². The second kappa shape index (κ2) is 6.82. The Balaban J connectivity index is 1.89. The molecule has 26 heavy (non-hydrogen) atoms. The van der Waals surface area contributed by atoms with Crippen LogP contribution in [-0.2, 0) is 9.59 Å². The number of benzene rings is 1. The Morgan fingerprint density at radius 1 is 1.27 bits per heavy atom. The van der Waals surface area contributed by atoms with Gasteiger partial charge in [-0.05, 0) is 56.9 Å². The van der Waals surface area contributed by atoms with Gasteiger partial charge in [-0.1, -0.05) is 0 Å². The first-order chi connectivity index (χ1) is 12.3. The van der Waals surface area contributed by atoms with Gasteiger partial charge in [0.15, 0.2) is 6.61 Å². The number of nitrogens with zero attached hydrogens (tertiary/aromatic N) is 1. The number of likely N-dealkylation sites (tertiary alicyclic amines) is 1. The summed E-state index contributed by atoms with van der Waals surface area (Å²) in [6, 6.07) is 2.74. The van der Waals surface area contributed by atoms with E-state index in [1.807, 2.05) is 6.92 Å². The summed E-state index contributed by atoms with van der Waals surface area (Å²) in [6.45, 7) is 5.47. The molecule has 1 N–H and O–H groups in total. The fourth-order valence-corrected chi connectivity index (χ4v) is 3.35. The Kier molecular flexibility index (Phi) is 4.71. The standard InChI is InChI=1S/C19H21NO6/c1-10-7-14(17-11(2)12(3)19(24)26-15(17)8-10)25-9-16(21)20-6-4-5-13(20)18(22)23/h7-8,13H,4-6,9H2,1-3H3,(H,22,23)/t13-/m0/s1. The predicted octanol–water partition coefficient (Wildman–Crippen LogP) is 2.17. The van der Waals surface area contributed by atoms with E-state index in [4.69, 9.17) is 9.15 Å². The Labute approximate surface area is 150 Å². The van der Waals surface area contributed by atoms with Crippen molar-refractivity contribution >= 4 is 22.8 Å². The van der Waals surface area contributed by atoms with Crippen molar-refractivity contribution in [1.29, 1.82) is 0 Å². The monoisotopic (exact) mass is 359 g/mol. The van der Waals surface area contributed by atoms with Gasteiger partial charge in [-0.3, -0.25) is 4.79 Å². The van der Waals surface area contributed by atoms with Gasteiger partial charge in [0.05, 0.1) is 5.39 Å². The van der Waals surface area contributed by atoms with E-state index in [0.717, 1.165) is 11.1 Å². The first kappa shape index (κ1) is 18.0. The molecule has 1 saturated heterocycles. The molecule has 1 aliphatic heterocycles. The number of aliphatic carboxylic acids is 1. The van der Waals surface area contributed by atoms with Gasteiger partial charge < -0.3 is 19.2 Å². The zero-order valence-electron chi connectivity index (χ0n) is 15.0. The number of ether oxygens (including phenoxy) is 1. The first-order valence-corrected chi connectivity index (χ1v) is 8.49. The van der Waals surface area contributed by atoms with Crippen molar-refractivity contribution in [2.45, 2.75) is 39.7 Å². The van der Waals surface area contributed by atoms with Crippen molar-refractivity contribution < 1.29 is 23.8 Å². The molecule has 1 fully saturated rings. The summed E-state index contributed by atoms with van der Waals surface area (Å²) in [4.78, 5) is 36.9. The summed E-state index contributed by atoms with van der Waals surface area (Å²) in [5.74, 6) is -0.912. The normalized spacial score (nSPS) is 16.9. The third-order valence-corrected chi connectivity index (χ3v) is 4.87. The van der Waals surface area contributed by atoms with E-state index in [1.165, 1.54) is 4.90 Å². The van der Waals surface area contributed by atoms with E-state index in [9.17, 15) is 19.5 Å². The maximum atomic E-state index is 12.4. The lowest BCUT2D eigenvalue weighted by Crippen LogP contribution is -2.42. The van der Waals surface area contributed by atoms with Crippen LogP contribution in [0.5, 0.6) is 5.75 Å². The molecule has 2 aromatic rings. The zero-order valence-corrected chi connectivity index (χ0v) is 15.0. The molecular weight excluding hydrogens is 338 g/mol. The van der Waals surface area contributed by atoms with Gasteiger partial charge in [-0.15, -0.1) is 0 Å². The number of amides is 1. The predicted molar refractivity (Wildman–Crippen MR) is 94.6 cm³/mol. The van der Waals surface area contributed by atoms with Crippen LogP contribution in [0.25, 0.3) is 11.0 Å². The molecule has 1 aromatic heterocycles. The second-order valence-corrected chi connectivity index (χ2v) is 6.65. The van der Waals surface area contributed by atoms with Crippen LogP contribution in [0.15, 0.2) is 21.3 Å². The Hall–Kier alpha value is -2.83. The van der Waals surface area contributed by atoms with Gasteiger partial charge in [0.2, 0.25) is 0 Å². The Morgan fingerprint density at radius 3 is 2.69 bits per heavy atom. The van der Waals surface area contributed by atoms with Crippen LogP contribution in [-0.4, -0.2) is 41.1 Å². The molecule has 0 bridgehead atoms. The molecule has 2 heterocycles. The number of carbonyl (C=O) groups is 2.